The van der Waals surface area contributed by atoms with Gasteiger partial charge in [0.15, 0.2) is 0 Å². The first-order chi connectivity index (χ1) is 17.1. The average Bonchev–Trinajstić information content (AvgIpc) is 3.59. The van der Waals surface area contributed by atoms with Gasteiger partial charge in [-0.05, 0) is 54.7 Å². The van der Waals surface area contributed by atoms with Crippen molar-refractivity contribution < 1.29 is 19.4 Å². The Morgan fingerprint density at radius 3 is 2.43 bits per heavy atom. The Morgan fingerprint density at radius 2 is 1.77 bits per heavy atom. The average molecular weight is 476 g/mol. The molecule has 3 N–H and O–H groups in total. The third-order valence-corrected chi connectivity index (χ3v) is 6.51. The van der Waals surface area contributed by atoms with Crippen LogP contribution in [-0.2, 0) is 4.79 Å². The van der Waals surface area contributed by atoms with Gasteiger partial charge in [-0.2, -0.15) is 0 Å². The second-order valence-electron chi connectivity index (χ2n) is 8.89. The van der Waals surface area contributed by atoms with E-state index < -0.39 is 6.04 Å². The molecule has 0 aliphatic heterocycles. The Balaban J connectivity index is 1.67. The molecule has 3 aromatic rings. The largest absolute Gasteiger partial charge is 0.497 e. The van der Waals surface area contributed by atoms with Crippen LogP contribution < -0.4 is 10.1 Å². The fourth-order valence-corrected chi connectivity index (χ4v) is 4.66. The van der Waals surface area contributed by atoms with Crippen LogP contribution in [0.1, 0.15) is 54.2 Å². The predicted octanol–water partition coefficient (Wildman–Crippen LogP) is 4.32. The summed E-state index contributed by atoms with van der Waals surface area (Å²) in [4.78, 5) is 32.2. The van der Waals surface area contributed by atoms with Gasteiger partial charge in [0.1, 0.15) is 17.5 Å². The topological polar surface area (TPSA) is 94.7 Å². The van der Waals surface area contributed by atoms with Crippen molar-refractivity contribution in [1.82, 2.24) is 15.2 Å². The molecule has 35 heavy (non-hydrogen) atoms. The molecular formula is C28H33N3O4. The Labute approximate surface area is 206 Å². The fourth-order valence-electron chi connectivity index (χ4n) is 4.66. The first-order valence-corrected chi connectivity index (χ1v) is 12.2. The zero-order valence-electron chi connectivity index (χ0n) is 20.1. The maximum atomic E-state index is 13.8. The van der Waals surface area contributed by atoms with Crippen LogP contribution in [0.2, 0.25) is 0 Å². The van der Waals surface area contributed by atoms with Crippen molar-refractivity contribution >= 4 is 11.8 Å². The Kier molecular flexibility index (Phi) is 8.21. The van der Waals surface area contributed by atoms with E-state index in [1.54, 1.807) is 30.2 Å². The standard InChI is InChI=1S/C28H33N3O4/c1-35-23-14-12-21(13-15-23)26(27(33)29-22-10-5-6-11-22)31(18-7-19-32)28(34)25-17-16-24(30-25)20-8-3-2-4-9-20/h2-4,8-9,12-17,22,26,30,32H,5-7,10-11,18-19H2,1H3,(H,29,33). The number of nitrogens with zero attached hydrogens (tertiary/aromatic N) is 1. The number of benzene rings is 2. The minimum Gasteiger partial charge on any atom is -0.497 e. The number of hydrogen-bond acceptors (Lipinski definition) is 4. The summed E-state index contributed by atoms with van der Waals surface area (Å²) in [5.41, 5.74) is 2.89. The quantitative estimate of drug-likeness (QED) is 0.407. The second kappa shape index (κ2) is 11.7. The number of amides is 2. The molecule has 1 fully saturated rings. The molecule has 7 heteroatoms. The summed E-state index contributed by atoms with van der Waals surface area (Å²) in [6.07, 6.45) is 4.44. The maximum absolute atomic E-state index is 13.8. The van der Waals surface area contributed by atoms with Gasteiger partial charge >= 0.3 is 0 Å². The summed E-state index contributed by atoms with van der Waals surface area (Å²) in [6, 6.07) is 19.9. The van der Waals surface area contributed by atoms with E-state index >= 15 is 0 Å². The molecule has 0 saturated heterocycles. The minimum absolute atomic E-state index is 0.0800. The normalized spacial score (nSPS) is 14.5. The van der Waals surface area contributed by atoms with Crippen molar-refractivity contribution in [1.29, 1.82) is 0 Å². The smallest absolute Gasteiger partial charge is 0.271 e. The van der Waals surface area contributed by atoms with E-state index in [0.29, 0.717) is 23.4 Å². The van der Waals surface area contributed by atoms with E-state index in [4.69, 9.17) is 4.74 Å². The highest BCUT2D eigenvalue weighted by Crippen LogP contribution is 2.28. The number of H-pyrrole nitrogens is 1. The van der Waals surface area contributed by atoms with Gasteiger partial charge in [0.2, 0.25) is 5.91 Å². The third kappa shape index (κ3) is 5.92. The van der Waals surface area contributed by atoms with Crippen molar-refractivity contribution in [2.24, 2.45) is 0 Å². The van der Waals surface area contributed by atoms with Crippen LogP contribution in [0.25, 0.3) is 11.3 Å². The molecule has 1 saturated carbocycles. The summed E-state index contributed by atoms with van der Waals surface area (Å²) in [5, 5.41) is 12.7. The van der Waals surface area contributed by atoms with Gasteiger partial charge in [-0.3, -0.25) is 9.59 Å². The van der Waals surface area contributed by atoms with Crippen molar-refractivity contribution in [3.05, 3.63) is 78.0 Å². The molecule has 1 unspecified atom stereocenters. The van der Waals surface area contributed by atoms with Gasteiger partial charge < -0.3 is 25.0 Å². The first kappa shape index (κ1) is 24.5. The van der Waals surface area contributed by atoms with E-state index in [1.807, 2.05) is 48.5 Å². The Morgan fingerprint density at radius 1 is 1.06 bits per heavy atom. The van der Waals surface area contributed by atoms with Gasteiger partial charge in [-0.15, -0.1) is 0 Å². The van der Waals surface area contributed by atoms with E-state index in [2.05, 4.69) is 10.3 Å². The lowest BCUT2D eigenvalue weighted by atomic mass is 10.0. The highest BCUT2D eigenvalue weighted by molar-refractivity contribution is 5.97. The molecule has 0 radical (unpaired) electrons. The van der Waals surface area contributed by atoms with Crippen molar-refractivity contribution in [3.63, 3.8) is 0 Å². The number of nitrogens with one attached hydrogen (secondary N) is 2. The molecule has 1 atom stereocenters. The van der Waals surface area contributed by atoms with E-state index in [0.717, 1.165) is 36.9 Å². The van der Waals surface area contributed by atoms with Gasteiger partial charge in [0, 0.05) is 24.9 Å². The van der Waals surface area contributed by atoms with Gasteiger partial charge in [0.05, 0.1) is 7.11 Å². The molecule has 2 amide bonds. The number of aliphatic hydroxyl groups is 1. The van der Waals surface area contributed by atoms with Crippen LogP contribution >= 0.6 is 0 Å². The van der Waals surface area contributed by atoms with Gasteiger partial charge in [-0.25, -0.2) is 0 Å². The number of carbonyl (C=O) groups excluding carboxylic acids is 2. The molecule has 0 bridgehead atoms. The number of hydrogen-bond donors (Lipinski definition) is 3. The van der Waals surface area contributed by atoms with Crippen molar-refractivity contribution in [3.8, 4) is 17.0 Å². The molecular weight excluding hydrogens is 442 g/mol. The number of ether oxygens (including phenoxy) is 1. The van der Waals surface area contributed by atoms with Crippen LogP contribution in [0, 0.1) is 0 Å². The van der Waals surface area contributed by atoms with E-state index in [-0.39, 0.29) is 31.0 Å². The third-order valence-electron chi connectivity index (χ3n) is 6.51. The van der Waals surface area contributed by atoms with Gasteiger partial charge in [-0.1, -0.05) is 55.3 Å². The molecule has 4 rings (SSSR count). The lowest BCUT2D eigenvalue weighted by Gasteiger charge is -2.32. The summed E-state index contributed by atoms with van der Waals surface area (Å²) < 4.78 is 5.28. The summed E-state index contributed by atoms with van der Waals surface area (Å²) in [5.74, 6) is 0.181. The maximum Gasteiger partial charge on any atom is 0.271 e. The molecule has 184 valence electrons. The molecule has 1 aromatic heterocycles. The van der Waals surface area contributed by atoms with Crippen LogP contribution in [-0.4, -0.2) is 53.1 Å². The number of aliphatic hydroxyl groups excluding tert-OH is 1. The Bertz CT molecular complexity index is 1100. The van der Waals surface area contributed by atoms with Gasteiger partial charge in [0.25, 0.3) is 5.91 Å². The highest BCUT2D eigenvalue weighted by atomic mass is 16.5. The zero-order valence-corrected chi connectivity index (χ0v) is 20.1. The number of methoxy groups -OCH3 is 1. The van der Waals surface area contributed by atoms with E-state index in [1.165, 1.54) is 0 Å². The second-order valence-corrected chi connectivity index (χ2v) is 8.89. The number of carbonyl (C=O) groups is 2. The first-order valence-electron chi connectivity index (χ1n) is 12.2. The summed E-state index contributed by atoms with van der Waals surface area (Å²) >= 11 is 0. The van der Waals surface area contributed by atoms with E-state index in [9.17, 15) is 14.7 Å². The fraction of sp³-hybridized carbons (Fsp3) is 0.357. The molecule has 7 nitrogen and oxygen atoms in total. The van der Waals surface area contributed by atoms with Crippen molar-refractivity contribution in [2.45, 2.75) is 44.2 Å². The highest BCUT2D eigenvalue weighted by Gasteiger charge is 2.34. The lowest BCUT2D eigenvalue weighted by Crippen LogP contribution is -2.46. The zero-order chi connectivity index (χ0) is 24.6. The van der Waals surface area contributed by atoms with Crippen molar-refractivity contribution in [2.75, 3.05) is 20.3 Å². The number of rotatable bonds is 10. The molecule has 1 heterocycles. The van der Waals surface area contributed by atoms with Crippen LogP contribution in [0.4, 0.5) is 0 Å². The molecule has 0 spiro atoms. The minimum atomic E-state index is -0.830. The molecule has 2 aromatic carbocycles. The number of aromatic amines is 1. The summed E-state index contributed by atoms with van der Waals surface area (Å²) in [6.45, 7) is 0.160. The molecule has 1 aliphatic rings. The monoisotopic (exact) mass is 475 g/mol. The van der Waals surface area contributed by atoms with Crippen LogP contribution in [0.3, 0.4) is 0 Å². The van der Waals surface area contributed by atoms with Crippen LogP contribution in [0.5, 0.6) is 5.75 Å². The number of aromatic nitrogens is 1. The Hall–Kier alpha value is -3.58. The summed E-state index contributed by atoms with van der Waals surface area (Å²) in [7, 11) is 1.59. The molecule has 1 aliphatic carbocycles. The predicted molar refractivity (Wildman–Crippen MR) is 135 cm³/mol. The van der Waals surface area contributed by atoms with Crippen LogP contribution in [0.15, 0.2) is 66.7 Å². The lowest BCUT2D eigenvalue weighted by molar-refractivity contribution is -0.126. The SMILES string of the molecule is COc1ccc(C(C(=O)NC2CCCC2)N(CCCO)C(=O)c2ccc(-c3ccccc3)[nH]2)cc1.